The highest BCUT2D eigenvalue weighted by molar-refractivity contribution is 5.95. The van der Waals surface area contributed by atoms with Crippen LogP contribution < -0.4 is 10.4 Å². The van der Waals surface area contributed by atoms with Crippen molar-refractivity contribution in [3.63, 3.8) is 0 Å². The van der Waals surface area contributed by atoms with Gasteiger partial charge in [-0.25, -0.2) is 13.6 Å². The summed E-state index contributed by atoms with van der Waals surface area (Å²) in [5.41, 5.74) is 5.30. The van der Waals surface area contributed by atoms with E-state index >= 15 is 0 Å². The zero-order chi connectivity index (χ0) is 24.6. The number of rotatable bonds is 4. The lowest BCUT2D eigenvalue weighted by molar-refractivity contribution is 0.0364. The zero-order valence-corrected chi connectivity index (χ0v) is 19.6. The van der Waals surface area contributed by atoms with Crippen LogP contribution in [0.2, 0.25) is 0 Å². The van der Waals surface area contributed by atoms with E-state index in [9.17, 15) is 13.6 Å². The topological polar surface area (TPSA) is 59.5 Å². The molecule has 1 fully saturated rings. The van der Waals surface area contributed by atoms with Gasteiger partial charge in [0, 0.05) is 43.4 Å². The fourth-order valence-electron chi connectivity index (χ4n) is 4.96. The molecule has 8 heteroatoms. The van der Waals surface area contributed by atoms with E-state index in [2.05, 4.69) is 9.88 Å². The third-order valence-corrected chi connectivity index (χ3v) is 6.83. The number of nitrogens with zero attached hydrogens (tertiary/aromatic N) is 2. The number of imidazole rings is 1. The van der Waals surface area contributed by atoms with Crippen molar-refractivity contribution in [2.45, 2.75) is 13.2 Å². The molecule has 4 aromatic rings. The van der Waals surface area contributed by atoms with Crippen molar-refractivity contribution in [2.75, 3.05) is 32.8 Å². The van der Waals surface area contributed by atoms with Gasteiger partial charge in [-0.15, -0.1) is 0 Å². The molecule has 6 nitrogen and oxygen atoms in total. The van der Waals surface area contributed by atoms with Gasteiger partial charge in [-0.3, -0.25) is 9.47 Å². The summed E-state index contributed by atoms with van der Waals surface area (Å²) in [6.07, 6.45) is 1.96. The van der Waals surface area contributed by atoms with E-state index in [0.717, 1.165) is 66.1 Å². The van der Waals surface area contributed by atoms with Crippen LogP contribution in [0, 0.1) is 11.6 Å². The molecular formula is C28H25F2N3O3. The lowest BCUT2D eigenvalue weighted by atomic mass is 9.92. The monoisotopic (exact) mass is 489 g/mol. The number of aromatic amines is 1. The molecule has 36 heavy (non-hydrogen) atoms. The highest BCUT2D eigenvalue weighted by Gasteiger charge is 2.21. The third kappa shape index (κ3) is 4.34. The van der Waals surface area contributed by atoms with Crippen LogP contribution in [0.4, 0.5) is 8.78 Å². The molecule has 0 amide bonds. The number of hydrogen-bond acceptors (Lipinski definition) is 4. The van der Waals surface area contributed by atoms with Gasteiger partial charge in [0.1, 0.15) is 24.0 Å². The number of ether oxygens (including phenoxy) is 2. The maximum absolute atomic E-state index is 14.0. The average Bonchev–Trinajstić information content (AvgIpc) is 3.11. The maximum atomic E-state index is 14.0. The van der Waals surface area contributed by atoms with Crippen molar-refractivity contribution >= 4 is 22.7 Å². The van der Waals surface area contributed by atoms with Gasteiger partial charge in [0.2, 0.25) is 0 Å². The molecule has 1 aromatic heterocycles. The standard InChI is InChI=1S/C28H25F2N3O3/c29-20-2-4-22-19(15-20)17-36-27-16-21(30)3-5-23(27)24(22)13-18-1-6-26-25(14-18)31-28(34)33(26)8-7-32-9-11-35-12-10-32/h1-6,13-16H,7-12,17H2,(H,31,34)/b24-13+. The first kappa shape index (κ1) is 22.7. The predicted molar refractivity (Wildman–Crippen MR) is 134 cm³/mol. The Labute approximate surface area is 206 Å². The Morgan fingerprint density at radius 1 is 0.917 bits per heavy atom. The van der Waals surface area contributed by atoms with E-state index in [1.165, 1.54) is 24.3 Å². The van der Waals surface area contributed by atoms with Gasteiger partial charge in [-0.2, -0.15) is 0 Å². The average molecular weight is 490 g/mol. The highest BCUT2D eigenvalue weighted by atomic mass is 19.1. The first-order valence-corrected chi connectivity index (χ1v) is 12.0. The summed E-state index contributed by atoms with van der Waals surface area (Å²) in [5, 5.41) is 0. The quantitative estimate of drug-likeness (QED) is 0.461. The third-order valence-electron chi connectivity index (χ3n) is 6.83. The fourth-order valence-corrected chi connectivity index (χ4v) is 4.96. The minimum atomic E-state index is -0.400. The van der Waals surface area contributed by atoms with Gasteiger partial charge in [0.15, 0.2) is 0 Å². The van der Waals surface area contributed by atoms with Crippen molar-refractivity contribution in [1.29, 1.82) is 0 Å². The number of H-pyrrole nitrogens is 1. The Balaban J connectivity index is 1.39. The summed E-state index contributed by atoms with van der Waals surface area (Å²) in [7, 11) is 0. The predicted octanol–water partition coefficient (Wildman–Crippen LogP) is 4.42. The van der Waals surface area contributed by atoms with Crippen molar-refractivity contribution < 1.29 is 18.3 Å². The van der Waals surface area contributed by atoms with Gasteiger partial charge in [0.05, 0.1) is 24.2 Å². The number of morpholine rings is 1. The first-order chi connectivity index (χ1) is 17.5. The van der Waals surface area contributed by atoms with Crippen LogP contribution >= 0.6 is 0 Å². The second-order valence-corrected chi connectivity index (χ2v) is 9.10. The lowest BCUT2D eigenvalue weighted by Gasteiger charge is -2.26. The molecule has 2 aliphatic heterocycles. The van der Waals surface area contributed by atoms with E-state index in [0.29, 0.717) is 17.9 Å². The van der Waals surface area contributed by atoms with Crippen LogP contribution in [0.5, 0.6) is 5.75 Å². The van der Waals surface area contributed by atoms with E-state index in [4.69, 9.17) is 9.47 Å². The van der Waals surface area contributed by atoms with Gasteiger partial charge in [0.25, 0.3) is 0 Å². The van der Waals surface area contributed by atoms with E-state index < -0.39 is 5.82 Å². The van der Waals surface area contributed by atoms with Gasteiger partial charge in [-0.1, -0.05) is 12.1 Å². The van der Waals surface area contributed by atoms with Crippen LogP contribution in [0.25, 0.3) is 22.7 Å². The molecule has 0 aliphatic carbocycles. The zero-order valence-electron chi connectivity index (χ0n) is 19.6. The molecule has 184 valence electrons. The molecule has 0 saturated carbocycles. The van der Waals surface area contributed by atoms with Crippen LogP contribution in [0.15, 0.2) is 59.4 Å². The summed E-state index contributed by atoms with van der Waals surface area (Å²) in [6.45, 7) is 4.69. The Hall–Kier alpha value is -3.75. The van der Waals surface area contributed by atoms with Gasteiger partial charge < -0.3 is 14.5 Å². The van der Waals surface area contributed by atoms with Crippen LogP contribution in [-0.4, -0.2) is 47.3 Å². The largest absolute Gasteiger partial charge is 0.488 e. The number of nitrogens with one attached hydrogen (secondary N) is 1. The lowest BCUT2D eigenvalue weighted by Crippen LogP contribution is -2.39. The van der Waals surface area contributed by atoms with Crippen LogP contribution in [0.1, 0.15) is 22.3 Å². The van der Waals surface area contributed by atoms with E-state index in [1.54, 1.807) is 16.7 Å². The summed E-state index contributed by atoms with van der Waals surface area (Å²) < 4.78 is 41.0. The van der Waals surface area contributed by atoms with Crippen molar-refractivity contribution in [3.8, 4) is 5.75 Å². The van der Waals surface area contributed by atoms with Crippen LogP contribution in [0.3, 0.4) is 0 Å². The maximum Gasteiger partial charge on any atom is 0.326 e. The SMILES string of the molecule is O=c1[nH]c2cc(/C=C3\c4ccc(F)cc4COc4cc(F)ccc43)ccc2n1CCN1CCOCC1. The second-order valence-electron chi connectivity index (χ2n) is 9.10. The minimum absolute atomic E-state index is 0.138. The molecule has 1 N–H and O–H groups in total. The Kier molecular flexibility index (Phi) is 5.91. The molecule has 0 radical (unpaired) electrons. The molecule has 0 unspecified atom stereocenters. The highest BCUT2D eigenvalue weighted by Crippen LogP contribution is 2.38. The Bertz CT molecular complexity index is 1480. The summed E-state index contributed by atoms with van der Waals surface area (Å²) in [5.74, 6) is -0.351. The molecule has 1 saturated heterocycles. The Morgan fingerprint density at radius 2 is 1.69 bits per heavy atom. The normalized spacial score (nSPS) is 17.0. The summed E-state index contributed by atoms with van der Waals surface area (Å²) in [4.78, 5) is 18.0. The number of halogens is 2. The fraction of sp³-hybridized carbons (Fsp3) is 0.250. The molecule has 6 rings (SSSR count). The second kappa shape index (κ2) is 9.37. The number of fused-ring (bicyclic) bond motifs is 3. The van der Waals surface area contributed by atoms with E-state index in [-0.39, 0.29) is 18.1 Å². The summed E-state index contributed by atoms with van der Waals surface area (Å²) in [6, 6.07) is 14.8. The molecule has 0 bridgehead atoms. The van der Waals surface area contributed by atoms with Gasteiger partial charge >= 0.3 is 5.69 Å². The summed E-state index contributed by atoms with van der Waals surface area (Å²) >= 11 is 0. The molecule has 2 aliphatic rings. The smallest absolute Gasteiger partial charge is 0.326 e. The number of benzene rings is 3. The molecule has 3 aromatic carbocycles. The van der Waals surface area contributed by atoms with Crippen molar-refractivity contribution in [2.24, 2.45) is 0 Å². The molecule has 0 spiro atoms. The van der Waals surface area contributed by atoms with Crippen molar-refractivity contribution in [3.05, 3.63) is 99.0 Å². The molecule has 3 heterocycles. The Morgan fingerprint density at radius 3 is 2.53 bits per heavy atom. The van der Waals surface area contributed by atoms with Crippen molar-refractivity contribution in [1.82, 2.24) is 14.5 Å². The van der Waals surface area contributed by atoms with E-state index in [1.807, 2.05) is 24.3 Å². The number of aromatic nitrogens is 2. The molecular weight excluding hydrogens is 464 g/mol. The van der Waals surface area contributed by atoms with Gasteiger partial charge in [-0.05, 0) is 59.2 Å². The first-order valence-electron chi connectivity index (χ1n) is 12.0. The van der Waals surface area contributed by atoms with Crippen LogP contribution in [-0.2, 0) is 17.9 Å². The number of hydrogen-bond donors (Lipinski definition) is 1. The minimum Gasteiger partial charge on any atom is -0.488 e. The molecule has 0 atom stereocenters.